The Balaban J connectivity index is 1.56. The van der Waals surface area contributed by atoms with Crippen molar-refractivity contribution in [3.05, 3.63) is 123 Å². The van der Waals surface area contributed by atoms with E-state index in [9.17, 15) is 14.9 Å². The highest BCUT2D eigenvalue weighted by Gasteiger charge is 2.13. The van der Waals surface area contributed by atoms with Crippen LogP contribution in [0.15, 0.2) is 107 Å². The first kappa shape index (κ1) is 21.7. The molecule has 0 aliphatic carbocycles. The van der Waals surface area contributed by atoms with Crippen LogP contribution in [0, 0.1) is 10.1 Å². The molecule has 170 valence electrons. The molecule has 2 aromatic heterocycles. The Morgan fingerprint density at radius 1 is 0.914 bits per heavy atom. The summed E-state index contributed by atoms with van der Waals surface area (Å²) in [5, 5.41) is 15.8. The van der Waals surface area contributed by atoms with Gasteiger partial charge < -0.3 is 4.74 Å². The van der Waals surface area contributed by atoms with Crippen LogP contribution in [0.1, 0.15) is 5.56 Å². The Bertz CT molecular complexity index is 1610. The SMILES string of the molecule is O=c1c2ccccc2nc(-c2ccccc2)n1N=Cc1ccccc1Oc1ccc([N+](=O)[O-])cn1. The van der Waals surface area contributed by atoms with E-state index < -0.39 is 4.92 Å². The number of ether oxygens (including phenoxy) is 1. The van der Waals surface area contributed by atoms with Gasteiger partial charge in [0.1, 0.15) is 11.9 Å². The van der Waals surface area contributed by atoms with Crippen molar-refractivity contribution in [1.29, 1.82) is 0 Å². The van der Waals surface area contributed by atoms with Gasteiger partial charge in [-0.2, -0.15) is 9.78 Å². The predicted octanol–water partition coefficient (Wildman–Crippen LogP) is 5.04. The highest BCUT2D eigenvalue weighted by molar-refractivity contribution is 5.84. The lowest BCUT2D eigenvalue weighted by molar-refractivity contribution is -0.385. The van der Waals surface area contributed by atoms with Crippen molar-refractivity contribution in [2.45, 2.75) is 0 Å². The van der Waals surface area contributed by atoms with Gasteiger partial charge in [0.2, 0.25) is 5.88 Å². The normalized spacial score (nSPS) is 11.1. The molecule has 0 spiro atoms. The number of nitrogens with zero attached hydrogens (tertiary/aromatic N) is 5. The van der Waals surface area contributed by atoms with E-state index in [-0.39, 0.29) is 17.1 Å². The first-order valence-electron chi connectivity index (χ1n) is 10.6. The average Bonchev–Trinajstić information content (AvgIpc) is 2.90. The van der Waals surface area contributed by atoms with Crippen molar-refractivity contribution in [3.63, 3.8) is 0 Å². The summed E-state index contributed by atoms with van der Waals surface area (Å²) in [6.45, 7) is 0. The second-order valence-corrected chi connectivity index (χ2v) is 7.43. The Hall–Kier alpha value is -5.18. The first-order valence-corrected chi connectivity index (χ1v) is 10.6. The molecule has 0 bridgehead atoms. The molecule has 0 aliphatic rings. The number of nitro groups is 1. The van der Waals surface area contributed by atoms with E-state index >= 15 is 0 Å². The zero-order chi connectivity index (χ0) is 24.2. The highest BCUT2D eigenvalue weighted by Crippen LogP contribution is 2.24. The fourth-order valence-electron chi connectivity index (χ4n) is 3.46. The van der Waals surface area contributed by atoms with Crippen molar-refractivity contribution in [3.8, 4) is 23.0 Å². The average molecular weight is 463 g/mol. The Kier molecular flexibility index (Phi) is 5.79. The van der Waals surface area contributed by atoms with E-state index in [1.807, 2.05) is 36.4 Å². The smallest absolute Gasteiger partial charge is 0.287 e. The van der Waals surface area contributed by atoms with Gasteiger partial charge in [0, 0.05) is 23.3 Å². The summed E-state index contributed by atoms with van der Waals surface area (Å²) in [4.78, 5) is 32.3. The van der Waals surface area contributed by atoms with Gasteiger partial charge in [-0.15, -0.1) is 0 Å². The molecule has 9 heteroatoms. The van der Waals surface area contributed by atoms with Gasteiger partial charge >= 0.3 is 0 Å². The van der Waals surface area contributed by atoms with Gasteiger partial charge in [0.15, 0.2) is 5.82 Å². The van der Waals surface area contributed by atoms with E-state index in [1.165, 1.54) is 23.0 Å². The number of pyridine rings is 1. The fraction of sp³-hybridized carbons (Fsp3) is 0. The molecule has 0 fully saturated rings. The van der Waals surface area contributed by atoms with E-state index in [0.717, 1.165) is 11.8 Å². The molecule has 0 saturated carbocycles. The molecule has 35 heavy (non-hydrogen) atoms. The first-order chi connectivity index (χ1) is 17.1. The maximum absolute atomic E-state index is 13.3. The van der Waals surface area contributed by atoms with Gasteiger partial charge in [0.05, 0.1) is 22.0 Å². The number of benzene rings is 3. The lowest BCUT2D eigenvalue weighted by Crippen LogP contribution is -2.20. The molecule has 9 nitrogen and oxygen atoms in total. The summed E-state index contributed by atoms with van der Waals surface area (Å²) in [6, 6.07) is 26.2. The summed E-state index contributed by atoms with van der Waals surface area (Å²) in [5.41, 5.74) is 1.46. The molecule has 0 radical (unpaired) electrons. The van der Waals surface area contributed by atoms with E-state index in [4.69, 9.17) is 4.74 Å². The number of aromatic nitrogens is 3. The van der Waals surface area contributed by atoms with Crippen LogP contribution in [0.3, 0.4) is 0 Å². The van der Waals surface area contributed by atoms with Crippen molar-refractivity contribution >= 4 is 22.8 Å². The molecular formula is C26H17N5O4. The molecule has 2 heterocycles. The van der Waals surface area contributed by atoms with Gasteiger partial charge in [-0.05, 0) is 24.3 Å². The second-order valence-electron chi connectivity index (χ2n) is 7.43. The van der Waals surface area contributed by atoms with Crippen molar-refractivity contribution in [2.75, 3.05) is 0 Å². The molecule has 0 saturated heterocycles. The topological polar surface area (TPSA) is 113 Å². The number of hydrogen-bond acceptors (Lipinski definition) is 7. The number of fused-ring (bicyclic) bond motifs is 1. The quantitative estimate of drug-likeness (QED) is 0.198. The molecular weight excluding hydrogens is 446 g/mol. The lowest BCUT2D eigenvalue weighted by Gasteiger charge is -2.10. The van der Waals surface area contributed by atoms with Crippen LogP contribution < -0.4 is 10.3 Å². The third-order valence-electron chi connectivity index (χ3n) is 5.16. The van der Waals surface area contributed by atoms with Crippen molar-refractivity contribution in [2.24, 2.45) is 5.10 Å². The van der Waals surface area contributed by atoms with Crippen LogP contribution in [0.5, 0.6) is 11.6 Å². The van der Waals surface area contributed by atoms with E-state index in [0.29, 0.717) is 28.0 Å². The number of hydrogen-bond donors (Lipinski definition) is 0. The Labute approximate surface area is 198 Å². The minimum absolute atomic E-state index is 0.135. The van der Waals surface area contributed by atoms with Crippen LogP contribution in [0.2, 0.25) is 0 Å². The standard InChI is InChI=1S/C26H17N5O4/c32-26-21-11-5-6-12-22(21)29-25(18-8-2-1-3-9-18)30(26)28-16-19-10-4-7-13-23(19)35-24-15-14-20(17-27-24)31(33)34/h1-17H. The zero-order valence-corrected chi connectivity index (χ0v) is 18.2. The molecule has 0 N–H and O–H groups in total. The maximum Gasteiger partial charge on any atom is 0.287 e. The number of para-hydroxylation sites is 2. The zero-order valence-electron chi connectivity index (χ0n) is 18.2. The fourth-order valence-corrected chi connectivity index (χ4v) is 3.46. The summed E-state index contributed by atoms with van der Waals surface area (Å²) in [5.74, 6) is 1.01. The lowest BCUT2D eigenvalue weighted by atomic mass is 10.2. The maximum atomic E-state index is 13.3. The van der Waals surface area contributed by atoms with Crippen molar-refractivity contribution < 1.29 is 9.66 Å². The molecule has 3 aromatic carbocycles. The minimum Gasteiger partial charge on any atom is -0.438 e. The Morgan fingerprint density at radius 2 is 1.66 bits per heavy atom. The molecule has 5 aromatic rings. The third-order valence-corrected chi connectivity index (χ3v) is 5.16. The molecule has 0 unspecified atom stereocenters. The minimum atomic E-state index is -0.531. The van der Waals surface area contributed by atoms with Crippen LogP contribution >= 0.6 is 0 Å². The highest BCUT2D eigenvalue weighted by atomic mass is 16.6. The van der Waals surface area contributed by atoms with Gasteiger partial charge in [-0.25, -0.2) is 9.97 Å². The predicted molar refractivity (Wildman–Crippen MR) is 132 cm³/mol. The molecule has 0 amide bonds. The monoisotopic (exact) mass is 463 g/mol. The van der Waals surface area contributed by atoms with Crippen LogP contribution in [0.4, 0.5) is 5.69 Å². The summed E-state index contributed by atoms with van der Waals surface area (Å²) < 4.78 is 7.08. The third kappa shape index (κ3) is 4.51. The van der Waals surface area contributed by atoms with Gasteiger partial charge in [0.25, 0.3) is 11.2 Å². The molecule has 5 rings (SSSR count). The van der Waals surface area contributed by atoms with Crippen molar-refractivity contribution in [1.82, 2.24) is 14.6 Å². The number of rotatable bonds is 6. The van der Waals surface area contributed by atoms with Gasteiger partial charge in [-0.1, -0.05) is 54.6 Å². The van der Waals surface area contributed by atoms with E-state index in [2.05, 4.69) is 15.1 Å². The Morgan fingerprint density at radius 3 is 2.43 bits per heavy atom. The van der Waals surface area contributed by atoms with Crippen LogP contribution in [-0.2, 0) is 0 Å². The second kappa shape index (κ2) is 9.36. The molecule has 0 aliphatic heterocycles. The summed E-state index contributed by atoms with van der Waals surface area (Å²) >= 11 is 0. The summed E-state index contributed by atoms with van der Waals surface area (Å²) in [6.07, 6.45) is 2.63. The summed E-state index contributed by atoms with van der Waals surface area (Å²) in [7, 11) is 0. The molecule has 0 atom stereocenters. The van der Waals surface area contributed by atoms with E-state index in [1.54, 1.807) is 42.5 Å². The van der Waals surface area contributed by atoms with Crippen LogP contribution in [-0.4, -0.2) is 25.8 Å². The van der Waals surface area contributed by atoms with Gasteiger partial charge in [-0.3, -0.25) is 14.9 Å². The van der Waals surface area contributed by atoms with Crippen LogP contribution in [0.25, 0.3) is 22.3 Å². The largest absolute Gasteiger partial charge is 0.438 e.